The molecule has 0 spiro atoms. The summed E-state index contributed by atoms with van der Waals surface area (Å²) in [7, 11) is 0. The van der Waals surface area contributed by atoms with Crippen LogP contribution in [0, 0.1) is 18.3 Å². The lowest BCUT2D eigenvalue weighted by atomic mass is 10.1. The van der Waals surface area contributed by atoms with E-state index in [0.29, 0.717) is 11.4 Å². The first-order chi connectivity index (χ1) is 12.4. The maximum Gasteiger partial charge on any atom is 0.416 e. The van der Waals surface area contributed by atoms with E-state index in [-0.39, 0.29) is 11.5 Å². The third-order valence-corrected chi connectivity index (χ3v) is 3.64. The Kier molecular flexibility index (Phi) is 4.59. The smallest absolute Gasteiger partial charge is 0.333 e. The van der Waals surface area contributed by atoms with E-state index in [0.717, 1.165) is 23.3 Å². The first kappa shape index (κ1) is 17.4. The minimum Gasteiger partial charge on any atom is -0.333 e. The van der Waals surface area contributed by atoms with E-state index in [9.17, 15) is 18.4 Å². The molecule has 0 unspecified atom stereocenters. The van der Waals surface area contributed by atoms with Crippen molar-refractivity contribution in [3.63, 3.8) is 0 Å². The van der Waals surface area contributed by atoms with Gasteiger partial charge < -0.3 is 4.52 Å². The zero-order valence-corrected chi connectivity index (χ0v) is 13.6. The number of benzene rings is 2. The Bertz CT molecular complexity index is 979. The highest BCUT2D eigenvalue weighted by Gasteiger charge is 2.29. The highest BCUT2D eigenvalue weighted by atomic mass is 19.4. The molecule has 7 heteroatoms. The molecule has 0 N–H and O–H groups in total. The Morgan fingerprint density at radius 2 is 1.73 bits per heavy atom. The number of rotatable bonds is 3. The van der Waals surface area contributed by atoms with E-state index in [1.54, 1.807) is 0 Å². The molecule has 0 aliphatic carbocycles. The summed E-state index contributed by atoms with van der Waals surface area (Å²) in [6.45, 7) is 1.95. The van der Waals surface area contributed by atoms with Gasteiger partial charge in [0.05, 0.1) is 5.56 Å². The van der Waals surface area contributed by atoms with Gasteiger partial charge in [0.2, 0.25) is 5.82 Å². The highest BCUT2D eigenvalue weighted by Crippen LogP contribution is 2.29. The Morgan fingerprint density at radius 1 is 1.08 bits per heavy atom. The molecule has 2 aromatic carbocycles. The van der Waals surface area contributed by atoms with E-state index in [2.05, 4.69) is 10.1 Å². The molecule has 3 rings (SSSR count). The van der Waals surface area contributed by atoms with Crippen molar-refractivity contribution in [3.05, 3.63) is 71.1 Å². The molecular weight excluding hydrogens is 343 g/mol. The summed E-state index contributed by atoms with van der Waals surface area (Å²) in [6, 6.07) is 13.8. The first-order valence-electron chi connectivity index (χ1n) is 7.57. The van der Waals surface area contributed by atoms with Gasteiger partial charge in [-0.2, -0.15) is 23.4 Å². The van der Waals surface area contributed by atoms with Gasteiger partial charge in [0, 0.05) is 5.56 Å². The van der Waals surface area contributed by atoms with Crippen molar-refractivity contribution in [2.45, 2.75) is 13.1 Å². The fourth-order valence-corrected chi connectivity index (χ4v) is 2.23. The van der Waals surface area contributed by atoms with Crippen molar-refractivity contribution in [2.24, 2.45) is 0 Å². The van der Waals surface area contributed by atoms with Gasteiger partial charge in [-0.1, -0.05) is 47.1 Å². The average Bonchev–Trinajstić information content (AvgIpc) is 3.10. The van der Waals surface area contributed by atoms with Gasteiger partial charge in [0.15, 0.2) is 0 Å². The summed E-state index contributed by atoms with van der Waals surface area (Å²) in [6.07, 6.45) is -3.01. The minimum atomic E-state index is -4.41. The first-order valence-corrected chi connectivity index (χ1v) is 7.57. The Morgan fingerprint density at radius 3 is 2.31 bits per heavy atom. The van der Waals surface area contributed by atoms with Crippen LogP contribution >= 0.6 is 0 Å². The van der Waals surface area contributed by atoms with Crippen LogP contribution in [0.4, 0.5) is 13.2 Å². The number of hydrogen-bond donors (Lipinski definition) is 0. The maximum atomic E-state index is 12.6. The largest absolute Gasteiger partial charge is 0.416 e. The van der Waals surface area contributed by atoms with Crippen LogP contribution in [0.5, 0.6) is 0 Å². The Hall–Kier alpha value is -3.40. The summed E-state index contributed by atoms with van der Waals surface area (Å²) in [5.74, 6) is 0.330. The second-order valence-electron chi connectivity index (χ2n) is 5.58. The second-order valence-corrected chi connectivity index (χ2v) is 5.58. The molecule has 130 valence electrons. The second kappa shape index (κ2) is 6.84. The van der Waals surface area contributed by atoms with Crippen molar-refractivity contribution in [1.29, 1.82) is 5.26 Å². The molecule has 3 aromatic rings. The van der Waals surface area contributed by atoms with Gasteiger partial charge in [-0.3, -0.25) is 0 Å². The molecule has 4 nitrogen and oxygen atoms in total. The molecule has 0 aliphatic heterocycles. The number of nitrogens with zero attached hydrogens (tertiary/aromatic N) is 3. The lowest BCUT2D eigenvalue weighted by Crippen LogP contribution is -2.03. The number of hydrogen-bond acceptors (Lipinski definition) is 4. The van der Waals surface area contributed by atoms with Crippen LogP contribution in [-0.2, 0) is 6.18 Å². The van der Waals surface area contributed by atoms with Crippen molar-refractivity contribution in [1.82, 2.24) is 10.1 Å². The fourth-order valence-electron chi connectivity index (χ4n) is 2.23. The topological polar surface area (TPSA) is 62.7 Å². The molecule has 0 saturated carbocycles. The van der Waals surface area contributed by atoms with Gasteiger partial charge in [-0.25, -0.2) is 0 Å². The maximum absolute atomic E-state index is 12.6. The van der Waals surface area contributed by atoms with Gasteiger partial charge >= 0.3 is 6.18 Å². The van der Waals surface area contributed by atoms with Gasteiger partial charge in [0.25, 0.3) is 5.89 Å². The van der Waals surface area contributed by atoms with Crippen LogP contribution < -0.4 is 0 Å². The minimum absolute atomic E-state index is 0.00275. The van der Waals surface area contributed by atoms with Crippen LogP contribution in [0.2, 0.25) is 0 Å². The number of nitriles is 1. The number of alkyl halides is 3. The van der Waals surface area contributed by atoms with E-state index in [1.807, 2.05) is 37.3 Å². The number of aromatic nitrogens is 2. The van der Waals surface area contributed by atoms with Crippen LogP contribution in [0.3, 0.4) is 0 Å². The zero-order chi connectivity index (χ0) is 18.7. The van der Waals surface area contributed by atoms with E-state index in [1.165, 1.54) is 18.2 Å². The third-order valence-electron chi connectivity index (χ3n) is 3.64. The molecule has 0 amide bonds. The monoisotopic (exact) mass is 355 g/mol. The van der Waals surface area contributed by atoms with Crippen LogP contribution in [0.25, 0.3) is 23.0 Å². The molecule has 0 bridgehead atoms. The van der Waals surface area contributed by atoms with Crippen molar-refractivity contribution in [2.75, 3.05) is 0 Å². The van der Waals surface area contributed by atoms with Crippen LogP contribution in [-0.4, -0.2) is 10.1 Å². The molecule has 0 saturated heterocycles. The zero-order valence-electron chi connectivity index (χ0n) is 13.6. The lowest BCUT2D eigenvalue weighted by Gasteiger charge is -2.05. The Labute approximate surface area is 147 Å². The summed E-state index contributed by atoms with van der Waals surface area (Å²) < 4.78 is 42.9. The van der Waals surface area contributed by atoms with Crippen molar-refractivity contribution >= 4 is 11.6 Å². The summed E-state index contributed by atoms with van der Waals surface area (Å²) >= 11 is 0. The normalized spacial score (nSPS) is 12.0. The quantitative estimate of drug-likeness (QED) is 0.611. The molecular formula is C19H12F3N3O. The predicted molar refractivity (Wildman–Crippen MR) is 89.4 cm³/mol. The van der Waals surface area contributed by atoms with Gasteiger partial charge in [0.1, 0.15) is 11.6 Å². The molecule has 1 heterocycles. The average molecular weight is 355 g/mol. The predicted octanol–water partition coefficient (Wildman–Crippen LogP) is 5.13. The molecule has 0 atom stereocenters. The number of halogens is 3. The Balaban J connectivity index is 1.88. The highest BCUT2D eigenvalue weighted by molar-refractivity contribution is 5.86. The van der Waals surface area contributed by atoms with Crippen LogP contribution in [0.1, 0.15) is 22.6 Å². The van der Waals surface area contributed by atoms with Gasteiger partial charge in [-0.05, 0) is 30.7 Å². The molecule has 26 heavy (non-hydrogen) atoms. The lowest BCUT2D eigenvalue weighted by molar-refractivity contribution is -0.137. The van der Waals surface area contributed by atoms with Gasteiger partial charge in [-0.15, -0.1) is 0 Å². The molecule has 0 fully saturated rings. The molecule has 0 radical (unpaired) electrons. The third kappa shape index (κ3) is 3.81. The van der Waals surface area contributed by atoms with Crippen molar-refractivity contribution < 1.29 is 17.7 Å². The number of allylic oxidation sites excluding steroid dienone is 1. The van der Waals surface area contributed by atoms with E-state index >= 15 is 0 Å². The summed E-state index contributed by atoms with van der Waals surface area (Å²) in [4.78, 5) is 4.19. The standard InChI is InChI=1S/C19H12F3N3O/c1-12-2-6-14(7-3-12)17-24-18(26-25-17)15(11-23)10-13-4-8-16(9-5-13)19(20,21)22/h2-10H,1H3/b15-10+. The van der Waals surface area contributed by atoms with Crippen molar-refractivity contribution in [3.8, 4) is 17.5 Å². The SMILES string of the molecule is Cc1ccc(-c2noc(/C(C#N)=C/c3ccc(C(F)(F)F)cc3)n2)cc1. The number of aryl methyl sites for hydroxylation is 1. The summed E-state index contributed by atoms with van der Waals surface area (Å²) in [5.41, 5.74) is 1.54. The molecule has 1 aromatic heterocycles. The van der Waals surface area contributed by atoms with E-state index in [4.69, 9.17) is 4.52 Å². The van der Waals surface area contributed by atoms with E-state index < -0.39 is 11.7 Å². The van der Waals surface area contributed by atoms with Crippen LogP contribution in [0.15, 0.2) is 53.1 Å². The fraction of sp³-hybridized carbons (Fsp3) is 0.105. The molecule has 0 aliphatic rings. The summed E-state index contributed by atoms with van der Waals surface area (Å²) in [5, 5.41) is 13.2.